The molecule has 0 aromatic heterocycles. The van der Waals surface area contributed by atoms with Gasteiger partial charge >= 0.3 is 0 Å². The Labute approximate surface area is 119 Å². The number of nitro benzene ring substituents is 1. The summed E-state index contributed by atoms with van der Waals surface area (Å²) in [4.78, 5) is 23.4. The second kappa shape index (κ2) is 5.69. The Kier molecular flexibility index (Phi) is 4.19. The van der Waals surface area contributed by atoms with E-state index >= 15 is 0 Å². The predicted octanol–water partition coefficient (Wildman–Crippen LogP) is 3.08. The van der Waals surface area contributed by atoms with Crippen molar-refractivity contribution in [2.45, 2.75) is 19.8 Å². The Morgan fingerprint density at radius 2 is 2.05 bits per heavy atom. The number of aldehydes is 1. The van der Waals surface area contributed by atoms with Gasteiger partial charge in [-0.3, -0.25) is 10.1 Å². The number of piperidine rings is 1. The van der Waals surface area contributed by atoms with E-state index in [1.54, 1.807) is 13.0 Å². The van der Waals surface area contributed by atoms with Crippen molar-refractivity contribution in [3.8, 4) is 0 Å². The zero-order valence-electron chi connectivity index (χ0n) is 10.6. The number of nitrogens with zero attached hydrogens (tertiary/aromatic N) is 2. The molecule has 0 N–H and O–H groups in total. The number of nitro groups is 1. The first-order valence-electron chi connectivity index (χ1n) is 6.17. The maximum absolute atomic E-state index is 10.9. The highest BCUT2D eigenvalue weighted by Crippen LogP contribution is 2.34. The Morgan fingerprint density at radius 3 is 2.58 bits per heavy atom. The number of carbonyl (C=O) groups excluding carboxylic acids is 1. The van der Waals surface area contributed by atoms with Gasteiger partial charge in [-0.15, -0.1) is 0 Å². The molecule has 6 heteroatoms. The minimum atomic E-state index is -0.373. The minimum Gasteiger partial charge on any atom is -0.371 e. The third-order valence-corrected chi connectivity index (χ3v) is 4.17. The van der Waals surface area contributed by atoms with Crippen LogP contribution in [0, 0.1) is 23.0 Å². The minimum absolute atomic E-state index is 0.124. The first-order chi connectivity index (χ1) is 9.02. The van der Waals surface area contributed by atoms with Crippen molar-refractivity contribution in [3.05, 3.63) is 32.3 Å². The molecule has 5 nitrogen and oxygen atoms in total. The van der Waals surface area contributed by atoms with Gasteiger partial charge in [-0.25, -0.2) is 0 Å². The van der Waals surface area contributed by atoms with Crippen LogP contribution in [0.2, 0.25) is 0 Å². The van der Waals surface area contributed by atoms with Gasteiger partial charge in [0.05, 0.1) is 10.6 Å². The van der Waals surface area contributed by atoms with Gasteiger partial charge < -0.3 is 9.69 Å². The quantitative estimate of drug-likeness (QED) is 0.486. The van der Waals surface area contributed by atoms with Crippen LogP contribution >= 0.6 is 15.9 Å². The molecule has 0 radical (unpaired) electrons. The normalized spacial score (nSPS) is 16.4. The average molecular weight is 327 g/mol. The lowest BCUT2D eigenvalue weighted by Crippen LogP contribution is -2.34. The average Bonchev–Trinajstić information content (AvgIpc) is 2.41. The van der Waals surface area contributed by atoms with Gasteiger partial charge in [0.25, 0.3) is 5.69 Å². The molecule has 0 amide bonds. The lowest BCUT2D eigenvalue weighted by molar-refractivity contribution is -0.385. The van der Waals surface area contributed by atoms with Crippen molar-refractivity contribution in [2.75, 3.05) is 18.0 Å². The first kappa shape index (κ1) is 14.0. The van der Waals surface area contributed by atoms with E-state index in [0.29, 0.717) is 5.56 Å². The fourth-order valence-corrected chi connectivity index (χ4v) is 2.95. The lowest BCUT2D eigenvalue weighted by atomic mass is 9.98. The molecule has 0 saturated carbocycles. The molecule has 1 aliphatic heterocycles. The summed E-state index contributed by atoms with van der Waals surface area (Å²) in [6, 6.07) is 3.39. The number of hydrogen-bond acceptors (Lipinski definition) is 4. The summed E-state index contributed by atoms with van der Waals surface area (Å²) >= 11 is 3.40. The van der Waals surface area contributed by atoms with E-state index in [2.05, 4.69) is 20.8 Å². The zero-order chi connectivity index (χ0) is 14.0. The number of carbonyl (C=O) groups is 1. The van der Waals surface area contributed by atoms with Crippen LogP contribution in [0.15, 0.2) is 16.6 Å². The van der Waals surface area contributed by atoms with Crippen molar-refractivity contribution in [2.24, 2.45) is 5.92 Å². The highest BCUT2D eigenvalue weighted by Gasteiger charge is 2.22. The second-order valence-electron chi connectivity index (χ2n) is 4.81. The molecule has 1 aromatic carbocycles. The number of anilines is 1. The molecular weight excluding hydrogens is 312 g/mol. The number of halogens is 1. The summed E-state index contributed by atoms with van der Waals surface area (Å²) < 4.78 is 0.731. The second-order valence-corrected chi connectivity index (χ2v) is 5.66. The van der Waals surface area contributed by atoms with Gasteiger partial charge in [0, 0.05) is 35.1 Å². The van der Waals surface area contributed by atoms with Crippen LogP contribution in [-0.2, 0) is 4.79 Å². The van der Waals surface area contributed by atoms with E-state index in [4.69, 9.17) is 0 Å². The van der Waals surface area contributed by atoms with Gasteiger partial charge in [0.15, 0.2) is 0 Å². The molecule has 19 heavy (non-hydrogen) atoms. The summed E-state index contributed by atoms with van der Waals surface area (Å²) in [5.74, 6) is 0.147. The zero-order valence-corrected chi connectivity index (χ0v) is 12.2. The van der Waals surface area contributed by atoms with Crippen molar-refractivity contribution in [1.82, 2.24) is 0 Å². The summed E-state index contributed by atoms with van der Waals surface area (Å²) in [5, 5.41) is 10.9. The standard InChI is InChI=1S/C13H15BrN2O3/c1-9-6-13(11(14)7-12(9)16(18)19)15-4-2-10(8-17)3-5-15/h6-8,10H,2-5H2,1H3. The van der Waals surface area contributed by atoms with E-state index < -0.39 is 0 Å². The van der Waals surface area contributed by atoms with Crippen molar-refractivity contribution in [1.29, 1.82) is 0 Å². The third kappa shape index (κ3) is 2.94. The number of hydrogen-bond donors (Lipinski definition) is 0. The summed E-state index contributed by atoms with van der Waals surface area (Å²) in [6.07, 6.45) is 2.70. The molecule has 0 spiro atoms. The van der Waals surface area contributed by atoms with Crippen LogP contribution < -0.4 is 4.90 Å². The van der Waals surface area contributed by atoms with Crippen LogP contribution in [0.5, 0.6) is 0 Å². The fourth-order valence-electron chi connectivity index (χ4n) is 2.37. The van der Waals surface area contributed by atoms with Gasteiger partial charge in [0.2, 0.25) is 0 Å². The molecule has 1 aliphatic rings. The topological polar surface area (TPSA) is 63.5 Å². The van der Waals surface area contributed by atoms with E-state index in [-0.39, 0.29) is 16.5 Å². The van der Waals surface area contributed by atoms with Crippen molar-refractivity contribution in [3.63, 3.8) is 0 Å². The molecule has 1 heterocycles. The van der Waals surface area contributed by atoms with Gasteiger partial charge in [-0.2, -0.15) is 0 Å². The monoisotopic (exact) mass is 326 g/mol. The smallest absolute Gasteiger partial charge is 0.273 e. The summed E-state index contributed by atoms with van der Waals surface area (Å²) in [6.45, 7) is 3.35. The van der Waals surface area contributed by atoms with Crippen LogP contribution in [0.4, 0.5) is 11.4 Å². The van der Waals surface area contributed by atoms with E-state index in [1.807, 2.05) is 6.07 Å². The van der Waals surface area contributed by atoms with Gasteiger partial charge in [-0.05, 0) is 41.8 Å². The number of benzene rings is 1. The molecule has 0 bridgehead atoms. The Hall–Kier alpha value is -1.43. The molecule has 1 saturated heterocycles. The SMILES string of the molecule is Cc1cc(N2CCC(C=O)CC2)c(Br)cc1[N+](=O)[O-]. The van der Waals surface area contributed by atoms with E-state index in [9.17, 15) is 14.9 Å². The number of rotatable bonds is 3. The molecule has 0 unspecified atom stereocenters. The Morgan fingerprint density at radius 1 is 1.42 bits per heavy atom. The summed E-state index contributed by atoms with van der Waals surface area (Å²) in [7, 11) is 0. The highest BCUT2D eigenvalue weighted by atomic mass is 79.9. The Bertz CT molecular complexity index is 511. The number of aryl methyl sites for hydroxylation is 1. The van der Waals surface area contributed by atoms with Gasteiger partial charge in [0.1, 0.15) is 6.29 Å². The maximum atomic E-state index is 10.9. The molecule has 0 aliphatic carbocycles. The lowest BCUT2D eigenvalue weighted by Gasteiger charge is -2.32. The van der Waals surface area contributed by atoms with Crippen molar-refractivity contribution < 1.29 is 9.72 Å². The van der Waals surface area contributed by atoms with E-state index in [0.717, 1.165) is 42.4 Å². The van der Waals surface area contributed by atoms with Gasteiger partial charge in [-0.1, -0.05) is 0 Å². The van der Waals surface area contributed by atoms with Crippen LogP contribution in [0.1, 0.15) is 18.4 Å². The predicted molar refractivity (Wildman–Crippen MR) is 76.5 cm³/mol. The van der Waals surface area contributed by atoms with Crippen LogP contribution in [0.3, 0.4) is 0 Å². The molecule has 1 aromatic rings. The first-order valence-corrected chi connectivity index (χ1v) is 6.97. The summed E-state index contributed by atoms with van der Waals surface area (Å²) in [5.41, 5.74) is 1.74. The van der Waals surface area contributed by atoms with Crippen LogP contribution in [0.25, 0.3) is 0 Å². The largest absolute Gasteiger partial charge is 0.371 e. The van der Waals surface area contributed by atoms with Crippen molar-refractivity contribution >= 4 is 33.6 Å². The fraction of sp³-hybridized carbons (Fsp3) is 0.462. The molecule has 1 fully saturated rings. The third-order valence-electron chi connectivity index (χ3n) is 3.53. The molecule has 0 atom stereocenters. The van der Waals surface area contributed by atoms with Crippen LogP contribution in [-0.4, -0.2) is 24.3 Å². The maximum Gasteiger partial charge on any atom is 0.273 e. The highest BCUT2D eigenvalue weighted by molar-refractivity contribution is 9.10. The van der Waals surface area contributed by atoms with E-state index in [1.165, 1.54) is 0 Å². The molecule has 2 rings (SSSR count). The molecule has 102 valence electrons. The Balaban J connectivity index is 2.24. The molecular formula is C13H15BrN2O3.